The summed E-state index contributed by atoms with van der Waals surface area (Å²) in [4.78, 5) is 11.8. The van der Waals surface area contributed by atoms with Crippen molar-refractivity contribution in [1.82, 2.24) is 0 Å². The Hall–Kier alpha value is -1.03. The van der Waals surface area contributed by atoms with Crippen LogP contribution in [0.2, 0.25) is 0 Å². The number of halogens is 1. The summed E-state index contributed by atoms with van der Waals surface area (Å²) in [6.45, 7) is 5.80. The normalized spacial score (nSPS) is 14.6. The van der Waals surface area contributed by atoms with Crippen LogP contribution in [0.4, 0.5) is 4.39 Å². The molecule has 2 atom stereocenters. The fraction of sp³-hybridized carbons (Fsp3) is 0.462. The van der Waals surface area contributed by atoms with Crippen LogP contribution in [0.5, 0.6) is 0 Å². The molecule has 2 unspecified atom stereocenters. The third-order valence-corrected chi connectivity index (χ3v) is 4.69. The van der Waals surface area contributed by atoms with Crippen LogP contribution in [-0.4, -0.2) is 21.0 Å². The van der Waals surface area contributed by atoms with E-state index in [1.807, 2.05) is 20.8 Å². The van der Waals surface area contributed by atoms with Gasteiger partial charge in [0, 0.05) is 21.6 Å². The van der Waals surface area contributed by atoms with E-state index in [2.05, 4.69) is 0 Å². The van der Waals surface area contributed by atoms with Crippen molar-refractivity contribution in [2.45, 2.75) is 26.0 Å². The summed E-state index contributed by atoms with van der Waals surface area (Å²) >= 11 is 0. The number of carbonyl (C=O) groups excluding carboxylic acids is 1. The quantitative estimate of drug-likeness (QED) is 0.759. The molecule has 0 aliphatic carbocycles. The molecule has 0 saturated heterocycles. The zero-order valence-corrected chi connectivity index (χ0v) is 11.1. The Morgan fingerprint density at radius 1 is 1.35 bits per heavy atom. The van der Waals surface area contributed by atoms with Gasteiger partial charge in [-0.2, -0.15) is 0 Å². The SMILES string of the molecule is CC(C)C(C)S(=O)CC(=O)c1cccc(F)c1. The number of hydrogen-bond acceptors (Lipinski definition) is 2. The first-order valence-corrected chi connectivity index (χ1v) is 6.96. The molecule has 1 aromatic rings. The van der Waals surface area contributed by atoms with Crippen LogP contribution in [-0.2, 0) is 10.8 Å². The molecule has 0 spiro atoms. The third kappa shape index (κ3) is 4.04. The van der Waals surface area contributed by atoms with Crippen molar-refractivity contribution >= 4 is 16.6 Å². The van der Waals surface area contributed by atoms with Gasteiger partial charge in [-0.05, 0) is 18.1 Å². The van der Waals surface area contributed by atoms with Crippen LogP contribution in [0, 0.1) is 11.7 Å². The van der Waals surface area contributed by atoms with Gasteiger partial charge in [0.15, 0.2) is 5.78 Å². The monoisotopic (exact) mass is 256 g/mol. The Balaban J connectivity index is 2.70. The van der Waals surface area contributed by atoms with Gasteiger partial charge in [0.1, 0.15) is 5.82 Å². The summed E-state index contributed by atoms with van der Waals surface area (Å²) in [6, 6.07) is 5.49. The Morgan fingerprint density at radius 2 is 2.00 bits per heavy atom. The van der Waals surface area contributed by atoms with E-state index in [0.29, 0.717) is 0 Å². The van der Waals surface area contributed by atoms with E-state index in [0.717, 1.165) is 0 Å². The van der Waals surface area contributed by atoms with Crippen LogP contribution in [0.1, 0.15) is 31.1 Å². The van der Waals surface area contributed by atoms with Gasteiger partial charge in [-0.1, -0.05) is 32.9 Å². The van der Waals surface area contributed by atoms with Crippen LogP contribution in [0.3, 0.4) is 0 Å². The van der Waals surface area contributed by atoms with E-state index in [-0.39, 0.29) is 28.3 Å². The molecule has 4 heteroatoms. The average molecular weight is 256 g/mol. The molecule has 17 heavy (non-hydrogen) atoms. The van der Waals surface area contributed by atoms with Crippen LogP contribution in [0.15, 0.2) is 24.3 Å². The maximum absolute atomic E-state index is 12.9. The molecule has 94 valence electrons. The van der Waals surface area contributed by atoms with Crippen LogP contribution < -0.4 is 0 Å². The lowest BCUT2D eigenvalue weighted by molar-refractivity contribution is 0.102. The number of rotatable bonds is 5. The number of carbonyl (C=O) groups is 1. The second kappa shape index (κ2) is 6.05. The van der Waals surface area contributed by atoms with Gasteiger partial charge in [-0.3, -0.25) is 9.00 Å². The maximum atomic E-state index is 12.9. The maximum Gasteiger partial charge on any atom is 0.175 e. The van der Waals surface area contributed by atoms with E-state index in [1.54, 1.807) is 6.07 Å². The summed E-state index contributed by atoms with van der Waals surface area (Å²) in [6.07, 6.45) is 0. The average Bonchev–Trinajstić information content (AvgIpc) is 2.27. The van der Waals surface area contributed by atoms with Crippen molar-refractivity contribution in [2.24, 2.45) is 5.92 Å². The van der Waals surface area contributed by atoms with Crippen molar-refractivity contribution in [1.29, 1.82) is 0 Å². The zero-order chi connectivity index (χ0) is 13.0. The Bertz CT molecular complexity index is 429. The summed E-state index contributed by atoms with van der Waals surface area (Å²) in [5.41, 5.74) is 0.286. The highest BCUT2D eigenvalue weighted by Gasteiger charge is 2.19. The van der Waals surface area contributed by atoms with Gasteiger partial charge < -0.3 is 0 Å². The summed E-state index contributed by atoms with van der Waals surface area (Å²) in [7, 11) is -1.20. The lowest BCUT2D eigenvalue weighted by Crippen LogP contribution is -2.24. The minimum atomic E-state index is -1.20. The molecule has 0 saturated carbocycles. The molecule has 0 aromatic heterocycles. The first kappa shape index (κ1) is 14.0. The molecule has 0 amide bonds. The molecule has 0 fully saturated rings. The van der Waals surface area contributed by atoms with Gasteiger partial charge in [0.05, 0.1) is 5.75 Å². The summed E-state index contributed by atoms with van der Waals surface area (Å²) in [5.74, 6) is -0.493. The first-order valence-electron chi connectivity index (χ1n) is 5.57. The molecule has 0 radical (unpaired) electrons. The summed E-state index contributed by atoms with van der Waals surface area (Å²) in [5, 5.41) is -0.0347. The topological polar surface area (TPSA) is 34.1 Å². The van der Waals surface area contributed by atoms with E-state index in [1.165, 1.54) is 18.2 Å². The number of ketones is 1. The third-order valence-electron chi connectivity index (χ3n) is 2.77. The van der Waals surface area contributed by atoms with E-state index < -0.39 is 16.6 Å². The molecule has 0 aliphatic rings. The zero-order valence-electron chi connectivity index (χ0n) is 10.3. The van der Waals surface area contributed by atoms with Crippen LogP contribution in [0.25, 0.3) is 0 Å². The van der Waals surface area contributed by atoms with Crippen molar-refractivity contribution in [3.8, 4) is 0 Å². The molecule has 0 bridgehead atoms. The minimum Gasteiger partial charge on any atom is -0.293 e. The summed E-state index contributed by atoms with van der Waals surface area (Å²) < 4.78 is 24.8. The van der Waals surface area contributed by atoms with E-state index in [9.17, 15) is 13.4 Å². The van der Waals surface area contributed by atoms with Crippen LogP contribution >= 0.6 is 0 Å². The molecule has 0 aliphatic heterocycles. The van der Waals surface area contributed by atoms with Gasteiger partial charge in [-0.25, -0.2) is 4.39 Å². The fourth-order valence-electron chi connectivity index (χ4n) is 1.31. The first-order chi connectivity index (χ1) is 7.91. The predicted molar refractivity (Wildman–Crippen MR) is 68.0 cm³/mol. The molecular formula is C13H17FO2S. The Kier molecular flexibility index (Phi) is 5.00. The van der Waals surface area contributed by atoms with Crippen molar-refractivity contribution < 1.29 is 13.4 Å². The predicted octanol–water partition coefficient (Wildman–Crippen LogP) is 2.80. The highest BCUT2D eigenvalue weighted by atomic mass is 32.2. The molecular weight excluding hydrogens is 239 g/mol. The van der Waals surface area contributed by atoms with Gasteiger partial charge in [0.25, 0.3) is 0 Å². The molecule has 1 aromatic carbocycles. The Labute approximate surface area is 104 Å². The number of Topliss-reactive ketones (excluding diaryl/α,β-unsaturated/α-hetero) is 1. The molecule has 0 N–H and O–H groups in total. The van der Waals surface area contributed by atoms with Crippen molar-refractivity contribution in [3.63, 3.8) is 0 Å². The van der Waals surface area contributed by atoms with E-state index in [4.69, 9.17) is 0 Å². The smallest absolute Gasteiger partial charge is 0.175 e. The second-order valence-corrected chi connectivity index (χ2v) is 6.20. The fourth-order valence-corrected chi connectivity index (χ4v) is 2.60. The van der Waals surface area contributed by atoms with Gasteiger partial charge in [0.2, 0.25) is 0 Å². The standard InChI is InChI=1S/C13H17FO2S/c1-9(2)10(3)17(16)8-13(15)11-5-4-6-12(14)7-11/h4-7,9-10H,8H2,1-3H3. The second-order valence-electron chi connectivity index (χ2n) is 4.41. The van der Waals surface area contributed by atoms with Crippen molar-refractivity contribution in [3.05, 3.63) is 35.6 Å². The number of hydrogen-bond donors (Lipinski definition) is 0. The molecule has 0 heterocycles. The molecule has 1 rings (SSSR count). The highest BCUT2D eigenvalue weighted by molar-refractivity contribution is 7.86. The highest BCUT2D eigenvalue weighted by Crippen LogP contribution is 2.11. The Morgan fingerprint density at radius 3 is 2.53 bits per heavy atom. The molecule has 2 nitrogen and oxygen atoms in total. The minimum absolute atomic E-state index is 0.0347. The van der Waals surface area contributed by atoms with Gasteiger partial charge >= 0.3 is 0 Å². The number of benzene rings is 1. The lowest BCUT2D eigenvalue weighted by Gasteiger charge is -2.14. The van der Waals surface area contributed by atoms with Crippen molar-refractivity contribution in [2.75, 3.05) is 5.75 Å². The van der Waals surface area contributed by atoms with E-state index >= 15 is 0 Å². The largest absolute Gasteiger partial charge is 0.293 e. The lowest BCUT2D eigenvalue weighted by atomic mass is 10.1. The van der Waals surface area contributed by atoms with Gasteiger partial charge in [-0.15, -0.1) is 0 Å².